The lowest BCUT2D eigenvalue weighted by molar-refractivity contribution is -0.121. The summed E-state index contributed by atoms with van der Waals surface area (Å²) >= 11 is 0. The first-order chi connectivity index (χ1) is 14.2. The van der Waals surface area contributed by atoms with Crippen LogP contribution in [-0.2, 0) is 26.0 Å². The molecule has 3 rings (SSSR count). The van der Waals surface area contributed by atoms with Crippen molar-refractivity contribution in [3.8, 4) is 11.5 Å². The number of sulfone groups is 1. The van der Waals surface area contributed by atoms with Crippen molar-refractivity contribution in [2.75, 3.05) is 19.0 Å². The van der Waals surface area contributed by atoms with Crippen LogP contribution in [0.15, 0.2) is 41.3 Å². The van der Waals surface area contributed by atoms with Crippen molar-refractivity contribution in [1.82, 2.24) is 5.32 Å². The number of amides is 2. The summed E-state index contributed by atoms with van der Waals surface area (Å²) in [5.41, 5.74) is 1.71. The third-order valence-corrected chi connectivity index (χ3v) is 7.17. The highest BCUT2D eigenvalue weighted by Gasteiger charge is 2.29. The number of methoxy groups -OCH3 is 1. The Kier molecular flexibility index (Phi) is 6.31. The highest BCUT2D eigenvalue weighted by Crippen LogP contribution is 2.34. The first-order valence-corrected chi connectivity index (χ1v) is 11.0. The van der Waals surface area contributed by atoms with Crippen LogP contribution in [0.2, 0.25) is 0 Å². The van der Waals surface area contributed by atoms with Gasteiger partial charge in [0.2, 0.25) is 5.91 Å². The maximum Gasteiger partial charge on any atom is 0.262 e. The summed E-state index contributed by atoms with van der Waals surface area (Å²) in [5.74, 6) is 0.274. The zero-order valence-electron chi connectivity index (χ0n) is 17.0. The molecule has 1 atom stereocenters. The molecule has 30 heavy (non-hydrogen) atoms. The second kappa shape index (κ2) is 8.74. The molecule has 0 bridgehead atoms. The molecule has 0 saturated heterocycles. The number of rotatable bonds is 7. The van der Waals surface area contributed by atoms with E-state index < -0.39 is 15.1 Å². The topological polar surface area (TPSA) is 111 Å². The van der Waals surface area contributed by atoms with Gasteiger partial charge in [-0.05, 0) is 31.5 Å². The number of para-hydroxylation sites is 1. The molecule has 1 aliphatic rings. The van der Waals surface area contributed by atoms with Gasteiger partial charge in [-0.1, -0.05) is 18.2 Å². The van der Waals surface area contributed by atoms with Gasteiger partial charge in [-0.2, -0.15) is 0 Å². The molecule has 0 saturated carbocycles. The van der Waals surface area contributed by atoms with Crippen LogP contribution < -0.4 is 20.1 Å². The van der Waals surface area contributed by atoms with E-state index in [1.165, 1.54) is 13.0 Å². The van der Waals surface area contributed by atoms with Crippen molar-refractivity contribution in [2.45, 2.75) is 37.0 Å². The van der Waals surface area contributed by atoms with Gasteiger partial charge >= 0.3 is 0 Å². The third-order valence-electron chi connectivity index (χ3n) is 4.89. The van der Waals surface area contributed by atoms with E-state index >= 15 is 0 Å². The summed E-state index contributed by atoms with van der Waals surface area (Å²) in [6.45, 7) is 3.21. The van der Waals surface area contributed by atoms with Crippen molar-refractivity contribution >= 4 is 27.3 Å². The zero-order valence-corrected chi connectivity index (χ0v) is 17.8. The fraction of sp³-hybridized carbons (Fsp3) is 0.333. The van der Waals surface area contributed by atoms with E-state index in [2.05, 4.69) is 10.6 Å². The second-order valence-electron chi connectivity index (χ2n) is 7.10. The Morgan fingerprint density at radius 1 is 1.30 bits per heavy atom. The lowest BCUT2D eigenvalue weighted by Gasteiger charge is -2.21. The molecular formula is C21H24N2O6S. The molecule has 8 nitrogen and oxygen atoms in total. The van der Waals surface area contributed by atoms with Gasteiger partial charge in [0.05, 0.1) is 22.9 Å². The Bertz CT molecular complexity index is 1080. The van der Waals surface area contributed by atoms with Crippen LogP contribution in [0.4, 0.5) is 5.69 Å². The average Bonchev–Trinajstić information content (AvgIpc) is 2.71. The Morgan fingerprint density at radius 3 is 2.77 bits per heavy atom. The van der Waals surface area contributed by atoms with Crippen LogP contribution in [0.1, 0.15) is 24.5 Å². The van der Waals surface area contributed by atoms with E-state index in [1.807, 2.05) is 18.2 Å². The van der Waals surface area contributed by atoms with Crippen molar-refractivity contribution < 1.29 is 27.5 Å². The van der Waals surface area contributed by atoms with Gasteiger partial charge < -0.3 is 20.1 Å². The number of anilines is 1. The second-order valence-corrected chi connectivity index (χ2v) is 9.43. The number of ether oxygens (including phenoxy) is 2. The van der Waals surface area contributed by atoms with Crippen LogP contribution in [0.25, 0.3) is 0 Å². The van der Waals surface area contributed by atoms with E-state index in [1.54, 1.807) is 26.2 Å². The van der Waals surface area contributed by atoms with Crippen LogP contribution in [-0.4, -0.2) is 39.2 Å². The van der Waals surface area contributed by atoms with Gasteiger partial charge in [-0.25, -0.2) is 8.42 Å². The van der Waals surface area contributed by atoms with Gasteiger partial charge in [0, 0.05) is 24.6 Å². The molecule has 0 aromatic heterocycles. The van der Waals surface area contributed by atoms with Gasteiger partial charge in [-0.3, -0.25) is 9.59 Å². The standard InChI is InChI=1S/C21H24N2O6S/c1-13-8-16-18(29-12-21(25)23-16)10-19(13)30(26,27)14(2)9-20(24)22-11-15-6-4-5-7-17(15)28-3/h4-8,10,14H,9,11-12H2,1-3H3,(H,22,24)(H,23,25)/t14-/m1/s1. The third kappa shape index (κ3) is 4.56. The van der Waals surface area contributed by atoms with E-state index in [9.17, 15) is 18.0 Å². The molecule has 2 amide bonds. The minimum atomic E-state index is -3.79. The van der Waals surface area contributed by atoms with Crippen molar-refractivity contribution in [2.24, 2.45) is 0 Å². The summed E-state index contributed by atoms with van der Waals surface area (Å²) in [7, 11) is -2.24. The SMILES string of the molecule is COc1ccccc1CNC(=O)C[C@@H](C)S(=O)(=O)c1cc2c(cc1C)NC(=O)CO2. The minimum absolute atomic E-state index is 0.0856. The summed E-state index contributed by atoms with van der Waals surface area (Å²) in [5, 5.41) is 4.45. The molecule has 2 N–H and O–H groups in total. The van der Waals surface area contributed by atoms with Crippen molar-refractivity contribution in [1.29, 1.82) is 0 Å². The number of carbonyl (C=O) groups is 2. The van der Waals surface area contributed by atoms with E-state index in [-0.39, 0.29) is 36.3 Å². The van der Waals surface area contributed by atoms with Crippen LogP contribution >= 0.6 is 0 Å². The molecule has 2 aromatic rings. The molecule has 1 heterocycles. The first-order valence-electron chi connectivity index (χ1n) is 9.42. The molecule has 0 aliphatic carbocycles. The summed E-state index contributed by atoms with van der Waals surface area (Å²) in [4.78, 5) is 23.9. The fourth-order valence-electron chi connectivity index (χ4n) is 3.23. The highest BCUT2D eigenvalue weighted by molar-refractivity contribution is 7.92. The average molecular weight is 432 g/mol. The number of hydrogen-bond donors (Lipinski definition) is 2. The number of carbonyl (C=O) groups excluding carboxylic acids is 2. The Morgan fingerprint density at radius 2 is 2.03 bits per heavy atom. The van der Waals surface area contributed by atoms with Gasteiger partial charge in [0.25, 0.3) is 5.91 Å². The maximum atomic E-state index is 13.1. The lowest BCUT2D eigenvalue weighted by atomic mass is 10.2. The predicted molar refractivity (Wildman–Crippen MR) is 111 cm³/mol. The van der Waals surface area contributed by atoms with Crippen LogP contribution in [0, 0.1) is 6.92 Å². The zero-order chi connectivity index (χ0) is 21.9. The maximum absolute atomic E-state index is 13.1. The lowest BCUT2D eigenvalue weighted by Crippen LogP contribution is -2.30. The first kappa shape index (κ1) is 21.6. The normalized spacial score (nSPS) is 14.2. The molecule has 0 unspecified atom stereocenters. The number of fused-ring (bicyclic) bond motifs is 1. The number of benzene rings is 2. The minimum Gasteiger partial charge on any atom is -0.496 e. The predicted octanol–water partition coefficient (Wildman–Crippen LogP) is 2.20. The number of hydrogen-bond acceptors (Lipinski definition) is 6. The largest absolute Gasteiger partial charge is 0.496 e. The molecule has 160 valence electrons. The Labute approximate surface area is 175 Å². The van der Waals surface area contributed by atoms with E-state index in [0.29, 0.717) is 22.7 Å². The van der Waals surface area contributed by atoms with Crippen molar-refractivity contribution in [3.63, 3.8) is 0 Å². The highest BCUT2D eigenvalue weighted by atomic mass is 32.2. The monoisotopic (exact) mass is 432 g/mol. The van der Waals surface area contributed by atoms with Crippen LogP contribution in [0.5, 0.6) is 11.5 Å². The molecule has 9 heteroatoms. The number of nitrogens with one attached hydrogen (secondary N) is 2. The smallest absolute Gasteiger partial charge is 0.262 e. The molecule has 0 spiro atoms. The molecule has 1 aliphatic heterocycles. The number of aryl methyl sites for hydroxylation is 1. The van der Waals surface area contributed by atoms with Gasteiger partial charge in [-0.15, -0.1) is 0 Å². The molecule has 2 aromatic carbocycles. The molecular weight excluding hydrogens is 408 g/mol. The van der Waals surface area contributed by atoms with Crippen LogP contribution in [0.3, 0.4) is 0 Å². The Hall–Kier alpha value is -3.07. The summed E-state index contributed by atoms with van der Waals surface area (Å²) in [6, 6.07) is 10.2. The molecule has 0 fully saturated rings. The van der Waals surface area contributed by atoms with Gasteiger partial charge in [0.1, 0.15) is 11.5 Å². The Balaban J connectivity index is 1.70. The quantitative estimate of drug-likeness (QED) is 0.694. The van der Waals surface area contributed by atoms with E-state index in [0.717, 1.165) is 5.56 Å². The van der Waals surface area contributed by atoms with Crippen molar-refractivity contribution in [3.05, 3.63) is 47.5 Å². The van der Waals surface area contributed by atoms with Gasteiger partial charge in [0.15, 0.2) is 16.4 Å². The fourth-order valence-corrected chi connectivity index (χ4v) is 4.81. The van der Waals surface area contributed by atoms with E-state index in [4.69, 9.17) is 9.47 Å². The summed E-state index contributed by atoms with van der Waals surface area (Å²) in [6.07, 6.45) is -0.189. The molecule has 0 radical (unpaired) electrons. The summed E-state index contributed by atoms with van der Waals surface area (Å²) < 4.78 is 36.7.